The number of nitrogens with zero attached hydrogens (tertiary/aromatic N) is 2. The number of amides is 2. The summed E-state index contributed by atoms with van der Waals surface area (Å²) in [5.41, 5.74) is 0. The number of aromatic nitrogens is 1. The van der Waals surface area contributed by atoms with Crippen molar-refractivity contribution < 1.29 is 19.4 Å². The summed E-state index contributed by atoms with van der Waals surface area (Å²) in [6.45, 7) is 0.930. The lowest BCUT2D eigenvalue weighted by Gasteiger charge is -2.21. The summed E-state index contributed by atoms with van der Waals surface area (Å²) in [7, 11) is 0. The number of aliphatic hydroxyl groups is 1. The van der Waals surface area contributed by atoms with Crippen LogP contribution < -0.4 is 10.1 Å². The molecular formula is C15H20ClN3O4. The molecule has 7 nitrogen and oxygen atoms in total. The average Bonchev–Trinajstić information content (AvgIpc) is 2.69. The molecule has 0 radical (unpaired) electrons. The van der Waals surface area contributed by atoms with Crippen molar-refractivity contribution in [2.75, 3.05) is 26.2 Å². The molecule has 8 heteroatoms. The lowest BCUT2D eigenvalue weighted by molar-refractivity contribution is -0.142. The van der Waals surface area contributed by atoms with Crippen molar-refractivity contribution in [1.29, 1.82) is 0 Å². The number of hydrogen-bond donors (Lipinski definition) is 2. The van der Waals surface area contributed by atoms with E-state index in [4.69, 9.17) is 16.3 Å². The Balaban J connectivity index is 1.70. The van der Waals surface area contributed by atoms with E-state index in [1.54, 1.807) is 18.3 Å². The smallest absolute Gasteiger partial charge is 0.251 e. The Kier molecular flexibility index (Phi) is 6.61. The third-order valence-corrected chi connectivity index (χ3v) is 3.76. The number of ether oxygens (including phenoxy) is 1. The van der Waals surface area contributed by atoms with Crippen LogP contribution in [0.25, 0.3) is 0 Å². The first kappa shape index (κ1) is 17.5. The molecule has 2 rings (SSSR count). The zero-order valence-corrected chi connectivity index (χ0v) is 13.5. The summed E-state index contributed by atoms with van der Waals surface area (Å²) in [6, 6.07) is 3.36. The highest BCUT2D eigenvalue weighted by atomic mass is 35.5. The second-order valence-corrected chi connectivity index (χ2v) is 5.67. The van der Waals surface area contributed by atoms with Gasteiger partial charge in [-0.1, -0.05) is 11.6 Å². The molecule has 0 saturated carbocycles. The minimum Gasteiger partial charge on any atom is -0.475 e. The molecule has 1 fully saturated rings. The standard InChI is InChI=1S/C15H20ClN3O4/c16-11-4-3-6-18-14(11)23-9-7-17-13(21)10-19-8-2-1-5-12(20)15(19)22/h3-4,6,12,20H,1-2,5,7-10H2,(H,17,21). The minimum absolute atomic E-state index is 0.0553. The zero-order valence-electron chi connectivity index (χ0n) is 12.7. The maximum atomic E-state index is 11.9. The van der Waals surface area contributed by atoms with Crippen LogP contribution in [-0.2, 0) is 9.59 Å². The highest BCUT2D eigenvalue weighted by Gasteiger charge is 2.26. The largest absolute Gasteiger partial charge is 0.475 e. The first-order valence-electron chi connectivity index (χ1n) is 7.55. The normalized spacial score (nSPS) is 18.4. The molecule has 2 heterocycles. The Morgan fingerprint density at radius 2 is 2.35 bits per heavy atom. The van der Waals surface area contributed by atoms with Gasteiger partial charge in [0.2, 0.25) is 11.8 Å². The van der Waals surface area contributed by atoms with Gasteiger partial charge in [0.1, 0.15) is 17.7 Å². The third kappa shape index (κ3) is 5.37. The van der Waals surface area contributed by atoms with Gasteiger partial charge in [-0.2, -0.15) is 0 Å². The lowest BCUT2D eigenvalue weighted by atomic mass is 10.2. The number of pyridine rings is 1. The summed E-state index contributed by atoms with van der Waals surface area (Å²) < 4.78 is 5.36. The Morgan fingerprint density at radius 3 is 3.13 bits per heavy atom. The van der Waals surface area contributed by atoms with Crippen LogP contribution in [0.3, 0.4) is 0 Å². The second-order valence-electron chi connectivity index (χ2n) is 5.26. The predicted molar refractivity (Wildman–Crippen MR) is 84.2 cm³/mol. The van der Waals surface area contributed by atoms with Crippen LogP contribution in [0.4, 0.5) is 0 Å². The van der Waals surface area contributed by atoms with Crippen LogP contribution in [0, 0.1) is 0 Å². The first-order chi connectivity index (χ1) is 11.1. The van der Waals surface area contributed by atoms with Gasteiger partial charge in [0.25, 0.3) is 5.91 Å². The predicted octanol–water partition coefficient (Wildman–Crippen LogP) is 0.603. The van der Waals surface area contributed by atoms with E-state index >= 15 is 0 Å². The van der Waals surface area contributed by atoms with Gasteiger partial charge in [0, 0.05) is 12.7 Å². The summed E-state index contributed by atoms with van der Waals surface area (Å²) in [4.78, 5) is 29.1. The summed E-state index contributed by atoms with van der Waals surface area (Å²) in [6.07, 6.45) is 2.59. The number of carbonyl (C=O) groups excluding carboxylic acids is 2. The van der Waals surface area contributed by atoms with Gasteiger partial charge >= 0.3 is 0 Å². The van der Waals surface area contributed by atoms with Gasteiger partial charge in [-0.05, 0) is 31.4 Å². The second kappa shape index (κ2) is 8.69. The van der Waals surface area contributed by atoms with Crippen molar-refractivity contribution in [3.8, 4) is 5.88 Å². The fourth-order valence-corrected chi connectivity index (χ4v) is 2.46. The van der Waals surface area contributed by atoms with E-state index in [2.05, 4.69) is 10.3 Å². The van der Waals surface area contributed by atoms with Gasteiger partial charge in [-0.3, -0.25) is 9.59 Å². The van der Waals surface area contributed by atoms with Gasteiger partial charge in [-0.15, -0.1) is 0 Å². The average molecular weight is 342 g/mol. The fourth-order valence-electron chi connectivity index (χ4n) is 2.29. The number of carbonyl (C=O) groups is 2. The number of halogens is 1. The van der Waals surface area contributed by atoms with E-state index in [0.29, 0.717) is 23.9 Å². The topological polar surface area (TPSA) is 91.8 Å². The van der Waals surface area contributed by atoms with Gasteiger partial charge in [0.05, 0.1) is 13.1 Å². The summed E-state index contributed by atoms with van der Waals surface area (Å²) in [5.74, 6) is -0.355. The molecule has 1 aromatic heterocycles. The quantitative estimate of drug-likeness (QED) is 0.739. The van der Waals surface area contributed by atoms with Gasteiger partial charge in [0.15, 0.2) is 0 Å². The molecule has 1 aliphatic rings. The van der Waals surface area contributed by atoms with Crippen molar-refractivity contribution in [3.05, 3.63) is 23.4 Å². The van der Waals surface area contributed by atoms with Crippen molar-refractivity contribution >= 4 is 23.4 Å². The molecule has 2 N–H and O–H groups in total. The number of aliphatic hydroxyl groups excluding tert-OH is 1. The van der Waals surface area contributed by atoms with Crippen molar-refractivity contribution in [1.82, 2.24) is 15.2 Å². The van der Waals surface area contributed by atoms with Crippen LogP contribution in [0.15, 0.2) is 18.3 Å². The first-order valence-corrected chi connectivity index (χ1v) is 7.92. The molecular weight excluding hydrogens is 322 g/mol. The van der Waals surface area contributed by atoms with Crippen LogP contribution >= 0.6 is 11.6 Å². The molecule has 23 heavy (non-hydrogen) atoms. The Morgan fingerprint density at radius 1 is 1.52 bits per heavy atom. The van der Waals surface area contributed by atoms with Crippen molar-refractivity contribution in [2.45, 2.75) is 25.4 Å². The Labute approximate surface area is 139 Å². The van der Waals surface area contributed by atoms with E-state index in [1.165, 1.54) is 4.90 Å². The molecule has 1 aromatic rings. The van der Waals surface area contributed by atoms with Crippen LogP contribution in [-0.4, -0.2) is 59.1 Å². The van der Waals surface area contributed by atoms with Crippen LogP contribution in [0.1, 0.15) is 19.3 Å². The summed E-state index contributed by atoms with van der Waals surface area (Å²) in [5, 5.41) is 12.7. The highest BCUT2D eigenvalue weighted by Crippen LogP contribution is 2.19. The van der Waals surface area contributed by atoms with E-state index in [9.17, 15) is 14.7 Å². The maximum Gasteiger partial charge on any atom is 0.251 e. The number of hydrogen-bond acceptors (Lipinski definition) is 5. The minimum atomic E-state index is -1.00. The van der Waals surface area contributed by atoms with E-state index in [-0.39, 0.29) is 31.5 Å². The molecule has 1 saturated heterocycles. The number of rotatable bonds is 6. The van der Waals surface area contributed by atoms with Gasteiger partial charge < -0.3 is 20.1 Å². The Bertz CT molecular complexity index is 555. The molecule has 126 valence electrons. The molecule has 0 bridgehead atoms. The Hall–Kier alpha value is -1.86. The molecule has 0 spiro atoms. The maximum absolute atomic E-state index is 11.9. The number of likely N-dealkylation sites (tertiary alicyclic amines) is 1. The lowest BCUT2D eigenvalue weighted by Crippen LogP contribution is -2.44. The number of nitrogens with one attached hydrogen (secondary N) is 1. The zero-order chi connectivity index (χ0) is 16.7. The fraction of sp³-hybridized carbons (Fsp3) is 0.533. The van der Waals surface area contributed by atoms with Crippen molar-refractivity contribution in [2.24, 2.45) is 0 Å². The summed E-state index contributed by atoms with van der Waals surface area (Å²) >= 11 is 5.90. The van der Waals surface area contributed by atoms with Crippen molar-refractivity contribution in [3.63, 3.8) is 0 Å². The molecule has 0 aromatic carbocycles. The molecule has 1 atom stereocenters. The third-order valence-electron chi connectivity index (χ3n) is 3.47. The molecule has 1 unspecified atom stereocenters. The van der Waals surface area contributed by atoms with E-state index in [1.807, 2.05) is 0 Å². The SMILES string of the molecule is O=C(CN1CCCCC(O)C1=O)NCCOc1ncccc1Cl. The highest BCUT2D eigenvalue weighted by molar-refractivity contribution is 6.31. The molecule has 2 amide bonds. The molecule has 1 aliphatic heterocycles. The van der Waals surface area contributed by atoms with Crippen LogP contribution in [0.2, 0.25) is 5.02 Å². The van der Waals surface area contributed by atoms with E-state index in [0.717, 1.165) is 12.8 Å². The monoisotopic (exact) mass is 341 g/mol. The molecule has 0 aliphatic carbocycles. The van der Waals surface area contributed by atoms with E-state index < -0.39 is 6.10 Å². The van der Waals surface area contributed by atoms with Crippen LogP contribution in [0.5, 0.6) is 5.88 Å². The van der Waals surface area contributed by atoms with Gasteiger partial charge in [-0.25, -0.2) is 4.98 Å².